The van der Waals surface area contributed by atoms with E-state index in [1.807, 2.05) is 0 Å². The van der Waals surface area contributed by atoms with E-state index in [9.17, 15) is 41.3 Å². The average molecular weight is 480 g/mol. The third-order valence-electron chi connectivity index (χ3n) is 3.68. The lowest BCUT2D eigenvalue weighted by atomic mass is 10.2. The van der Waals surface area contributed by atoms with Crippen molar-refractivity contribution in [1.29, 1.82) is 0 Å². The first-order valence-electron chi connectivity index (χ1n) is 7.62. The van der Waals surface area contributed by atoms with Crippen molar-refractivity contribution in [3.8, 4) is 5.69 Å². The van der Waals surface area contributed by atoms with Crippen LogP contribution in [0.1, 0.15) is 28.5 Å². The van der Waals surface area contributed by atoms with Gasteiger partial charge in [0.2, 0.25) is 5.69 Å². The van der Waals surface area contributed by atoms with Gasteiger partial charge in [-0.2, -0.15) is 26.3 Å². The molecule has 0 atom stereocenters. The maximum atomic E-state index is 13.5. The van der Waals surface area contributed by atoms with Crippen molar-refractivity contribution in [1.82, 2.24) is 4.57 Å². The molecule has 164 valence electrons. The van der Waals surface area contributed by atoms with Crippen LogP contribution in [0.25, 0.3) is 5.69 Å². The number of alkyl halides is 6. The number of hydrogen-bond donors (Lipinski definition) is 1. The SMILES string of the molecule is CCOC(=O)c1c([N+](=O)[O-])c(C(F)(F)F)c(N)n1-c1c(Cl)cc(C(F)(F)F)cc1Cl. The van der Waals surface area contributed by atoms with Crippen molar-refractivity contribution in [2.24, 2.45) is 0 Å². The third kappa shape index (κ3) is 4.12. The van der Waals surface area contributed by atoms with Crippen LogP contribution in [0.15, 0.2) is 12.1 Å². The van der Waals surface area contributed by atoms with Gasteiger partial charge in [-0.1, -0.05) is 23.2 Å². The third-order valence-corrected chi connectivity index (χ3v) is 4.26. The lowest BCUT2D eigenvalue weighted by Crippen LogP contribution is -2.15. The lowest BCUT2D eigenvalue weighted by molar-refractivity contribution is -0.388. The first-order chi connectivity index (χ1) is 13.6. The van der Waals surface area contributed by atoms with Crippen LogP contribution in [0.3, 0.4) is 0 Å². The van der Waals surface area contributed by atoms with Gasteiger partial charge in [0, 0.05) is 0 Å². The Kier molecular flexibility index (Phi) is 6.19. The van der Waals surface area contributed by atoms with Gasteiger partial charge in [0.05, 0.1) is 32.8 Å². The van der Waals surface area contributed by atoms with Gasteiger partial charge in [0.15, 0.2) is 5.56 Å². The Balaban J connectivity index is 3.04. The van der Waals surface area contributed by atoms with E-state index in [-0.39, 0.29) is 4.57 Å². The van der Waals surface area contributed by atoms with Crippen LogP contribution in [0.4, 0.5) is 37.8 Å². The zero-order valence-electron chi connectivity index (χ0n) is 14.5. The second-order valence-corrected chi connectivity index (χ2v) is 6.37. The smallest absolute Gasteiger partial charge is 0.426 e. The Morgan fingerprint density at radius 1 is 1.17 bits per heavy atom. The highest BCUT2D eigenvalue weighted by molar-refractivity contribution is 6.38. The van der Waals surface area contributed by atoms with Gasteiger partial charge >= 0.3 is 24.0 Å². The molecule has 1 aromatic carbocycles. The molecule has 2 aromatic rings. The average Bonchev–Trinajstić information content (AvgIpc) is 2.87. The number of hydrogen-bond acceptors (Lipinski definition) is 5. The normalized spacial score (nSPS) is 12.2. The molecule has 0 unspecified atom stereocenters. The highest BCUT2D eigenvalue weighted by atomic mass is 35.5. The van der Waals surface area contributed by atoms with Crippen molar-refractivity contribution >= 4 is 40.7 Å². The van der Waals surface area contributed by atoms with Gasteiger partial charge in [0.25, 0.3) is 0 Å². The molecule has 0 radical (unpaired) electrons. The van der Waals surface area contributed by atoms with Crippen molar-refractivity contribution in [2.45, 2.75) is 19.3 Å². The number of carbonyl (C=O) groups excluding carboxylic acids is 1. The van der Waals surface area contributed by atoms with E-state index in [2.05, 4.69) is 4.74 Å². The molecule has 0 saturated carbocycles. The molecule has 1 heterocycles. The van der Waals surface area contributed by atoms with Crippen LogP contribution in [-0.2, 0) is 17.1 Å². The maximum Gasteiger partial charge on any atom is 0.426 e. The van der Waals surface area contributed by atoms with Crippen LogP contribution >= 0.6 is 23.2 Å². The van der Waals surface area contributed by atoms with Gasteiger partial charge < -0.3 is 10.5 Å². The second-order valence-electron chi connectivity index (χ2n) is 5.55. The van der Waals surface area contributed by atoms with E-state index in [0.717, 1.165) is 0 Å². The maximum absolute atomic E-state index is 13.5. The molecular formula is C15H9Cl2F6N3O4. The molecule has 30 heavy (non-hydrogen) atoms. The first-order valence-corrected chi connectivity index (χ1v) is 8.37. The van der Waals surface area contributed by atoms with Crippen molar-refractivity contribution < 1.29 is 40.8 Å². The monoisotopic (exact) mass is 479 g/mol. The van der Waals surface area contributed by atoms with Crippen molar-refractivity contribution in [2.75, 3.05) is 12.3 Å². The summed E-state index contributed by atoms with van der Waals surface area (Å²) in [6.07, 6.45) is -10.3. The molecule has 0 spiro atoms. The Morgan fingerprint density at radius 2 is 1.67 bits per heavy atom. The summed E-state index contributed by atoms with van der Waals surface area (Å²) in [7, 11) is 0. The fourth-order valence-electron chi connectivity index (χ4n) is 2.60. The molecule has 2 N–H and O–H groups in total. The molecule has 2 rings (SSSR count). The number of esters is 1. The summed E-state index contributed by atoms with van der Waals surface area (Å²) in [6.45, 7) is 0.875. The largest absolute Gasteiger partial charge is 0.461 e. The Hall–Kier alpha value is -2.67. The zero-order chi connectivity index (χ0) is 23.2. The van der Waals surface area contributed by atoms with Crippen LogP contribution in [0.2, 0.25) is 10.0 Å². The summed E-state index contributed by atoms with van der Waals surface area (Å²) in [4.78, 5) is 22.1. The van der Waals surface area contributed by atoms with Gasteiger partial charge in [-0.05, 0) is 19.1 Å². The van der Waals surface area contributed by atoms with E-state index in [1.165, 1.54) is 6.92 Å². The molecule has 0 aliphatic heterocycles. The number of nitro groups is 1. The number of halogens is 8. The topological polar surface area (TPSA) is 100 Å². The minimum absolute atomic E-state index is 0.157. The minimum atomic E-state index is -5.41. The first kappa shape index (κ1) is 23.6. The van der Waals surface area contributed by atoms with E-state index >= 15 is 0 Å². The zero-order valence-corrected chi connectivity index (χ0v) is 16.0. The van der Waals surface area contributed by atoms with Gasteiger partial charge in [0.1, 0.15) is 5.82 Å². The van der Waals surface area contributed by atoms with Crippen molar-refractivity contribution in [3.05, 3.63) is 49.1 Å². The molecular weight excluding hydrogens is 471 g/mol. The second kappa shape index (κ2) is 7.87. The van der Waals surface area contributed by atoms with Crippen LogP contribution < -0.4 is 5.73 Å². The van der Waals surface area contributed by atoms with E-state index in [1.54, 1.807) is 0 Å². The fourth-order valence-corrected chi connectivity index (χ4v) is 3.25. The lowest BCUT2D eigenvalue weighted by Gasteiger charge is -2.16. The molecule has 0 aliphatic carbocycles. The summed E-state index contributed by atoms with van der Waals surface area (Å²) in [6, 6.07) is 0.631. The van der Waals surface area contributed by atoms with Crippen LogP contribution in [0, 0.1) is 10.1 Å². The van der Waals surface area contributed by atoms with Gasteiger partial charge in [-0.25, -0.2) is 4.79 Å². The van der Waals surface area contributed by atoms with E-state index < -0.39 is 73.9 Å². The number of rotatable bonds is 4. The fraction of sp³-hybridized carbons (Fsp3) is 0.267. The summed E-state index contributed by atoms with van der Waals surface area (Å²) < 4.78 is 84.0. The summed E-state index contributed by atoms with van der Waals surface area (Å²) in [5.74, 6) is -2.99. The highest BCUT2D eigenvalue weighted by Crippen LogP contribution is 2.48. The standard InChI is InChI=1S/C15H9Cl2F6N3O4/c1-2-30-13(27)11-10(26(28)29)8(15(21,22)23)12(24)25(11)9-6(16)3-5(4-7(9)17)14(18,19)20/h3-4H,2,24H2,1H3. The van der Waals surface area contributed by atoms with Gasteiger partial charge in [-0.3, -0.25) is 14.7 Å². The number of aromatic nitrogens is 1. The van der Waals surface area contributed by atoms with E-state index in [0.29, 0.717) is 12.1 Å². The van der Waals surface area contributed by atoms with Crippen LogP contribution in [-0.4, -0.2) is 22.1 Å². The highest BCUT2D eigenvalue weighted by Gasteiger charge is 2.49. The molecule has 7 nitrogen and oxygen atoms in total. The van der Waals surface area contributed by atoms with Gasteiger partial charge in [-0.15, -0.1) is 0 Å². The molecule has 0 amide bonds. The number of benzene rings is 1. The predicted molar refractivity (Wildman–Crippen MR) is 92.8 cm³/mol. The Morgan fingerprint density at radius 3 is 2.03 bits per heavy atom. The minimum Gasteiger partial charge on any atom is -0.461 e. The van der Waals surface area contributed by atoms with Crippen LogP contribution in [0.5, 0.6) is 0 Å². The van der Waals surface area contributed by atoms with E-state index in [4.69, 9.17) is 28.9 Å². The molecule has 0 aliphatic rings. The van der Waals surface area contributed by atoms with Crippen molar-refractivity contribution in [3.63, 3.8) is 0 Å². The Bertz CT molecular complexity index is 1010. The number of nitrogens with zero attached hydrogens (tertiary/aromatic N) is 2. The summed E-state index contributed by atoms with van der Waals surface area (Å²) in [5.41, 5.74) is -1.78. The molecule has 0 bridgehead atoms. The number of nitrogens with two attached hydrogens (primary N) is 1. The Labute approximate surface area is 173 Å². The number of anilines is 1. The summed E-state index contributed by atoms with van der Waals surface area (Å²) in [5, 5.41) is 9.62. The molecule has 0 fully saturated rings. The molecule has 15 heteroatoms. The quantitative estimate of drug-likeness (QED) is 0.270. The molecule has 1 aromatic heterocycles. The number of carbonyl (C=O) groups is 1. The summed E-state index contributed by atoms with van der Waals surface area (Å²) >= 11 is 11.6. The predicted octanol–water partition coefficient (Wildman–Crippen LogP) is 5.49. The number of nitrogen functional groups attached to an aromatic ring is 1. The number of ether oxygens (including phenoxy) is 1. The molecule has 0 saturated heterocycles.